The van der Waals surface area contributed by atoms with Crippen molar-refractivity contribution in [2.45, 2.75) is 6.92 Å². The summed E-state index contributed by atoms with van der Waals surface area (Å²) in [5.41, 5.74) is 2.71. The SMILES string of the molecule is CCOC(=O)COc1cc(-c2ccccc2)nc2ccc(NC(=O)COc3ccc(F)cc3)cc12. The Hall–Kier alpha value is -4.46. The van der Waals surface area contributed by atoms with Gasteiger partial charge in [-0.25, -0.2) is 14.2 Å². The quantitative estimate of drug-likeness (QED) is 0.344. The molecule has 1 aromatic heterocycles. The van der Waals surface area contributed by atoms with Gasteiger partial charge in [0.05, 0.1) is 17.8 Å². The second-order valence-electron chi connectivity index (χ2n) is 7.49. The average molecular weight is 474 g/mol. The maximum Gasteiger partial charge on any atom is 0.344 e. The number of nitrogens with zero attached hydrogens (tertiary/aromatic N) is 1. The van der Waals surface area contributed by atoms with Crippen LogP contribution >= 0.6 is 0 Å². The van der Waals surface area contributed by atoms with Gasteiger partial charge in [-0.2, -0.15) is 0 Å². The van der Waals surface area contributed by atoms with Crippen LogP contribution in [-0.2, 0) is 14.3 Å². The van der Waals surface area contributed by atoms with E-state index in [4.69, 9.17) is 19.2 Å². The van der Waals surface area contributed by atoms with Crippen molar-refractivity contribution in [3.05, 3.63) is 84.7 Å². The number of hydrogen-bond donors (Lipinski definition) is 1. The molecular formula is C27H23FN2O5. The monoisotopic (exact) mass is 474 g/mol. The molecule has 35 heavy (non-hydrogen) atoms. The van der Waals surface area contributed by atoms with Gasteiger partial charge in [-0.05, 0) is 49.4 Å². The van der Waals surface area contributed by atoms with Gasteiger partial charge in [-0.15, -0.1) is 0 Å². The van der Waals surface area contributed by atoms with Gasteiger partial charge in [0.25, 0.3) is 5.91 Å². The molecule has 0 aliphatic rings. The summed E-state index contributed by atoms with van der Waals surface area (Å²) in [7, 11) is 0. The number of pyridine rings is 1. The number of benzene rings is 3. The largest absolute Gasteiger partial charge is 0.484 e. The topological polar surface area (TPSA) is 86.8 Å². The number of carbonyl (C=O) groups excluding carboxylic acids is 2. The van der Waals surface area contributed by atoms with E-state index in [2.05, 4.69) is 5.32 Å². The first-order valence-electron chi connectivity index (χ1n) is 11.0. The summed E-state index contributed by atoms with van der Waals surface area (Å²) in [6.45, 7) is 1.47. The Bertz CT molecular complexity index is 1330. The molecule has 0 saturated carbocycles. The number of carbonyl (C=O) groups is 2. The minimum absolute atomic E-state index is 0.249. The highest BCUT2D eigenvalue weighted by Crippen LogP contribution is 2.32. The molecule has 0 unspecified atom stereocenters. The molecule has 1 heterocycles. The third-order valence-corrected chi connectivity index (χ3v) is 4.96. The van der Waals surface area contributed by atoms with Gasteiger partial charge in [-0.3, -0.25) is 4.79 Å². The number of hydrogen-bond acceptors (Lipinski definition) is 6. The van der Waals surface area contributed by atoms with E-state index in [1.54, 1.807) is 31.2 Å². The number of esters is 1. The molecular weight excluding hydrogens is 451 g/mol. The second-order valence-corrected chi connectivity index (χ2v) is 7.49. The minimum atomic E-state index is -0.485. The third-order valence-electron chi connectivity index (χ3n) is 4.96. The lowest BCUT2D eigenvalue weighted by Crippen LogP contribution is -2.20. The molecule has 3 aromatic carbocycles. The number of anilines is 1. The summed E-state index contributed by atoms with van der Waals surface area (Å²) in [6.07, 6.45) is 0. The maximum absolute atomic E-state index is 13.0. The van der Waals surface area contributed by atoms with Crippen molar-refractivity contribution in [2.24, 2.45) is 0 Å². The standard InChI is InChI=1S/C27H23FN2O5/c1-2-33-27(32)17-35-25-15-24(18-6-4-3-5-7-18)30-23-13-10-20(14-22(23)25)29-26(31)16-34-21-11-8-19(28)9-12-21/h3-15H,2,16-17H2,1H3,(H,29,31). The van der Waals surface area contributed by atoms with E-state index in [9.17, 15) is 14.0 Å². The van der Waals surface area contributed by atoms with Gasteiger partial charge >= 0.3 is 5.97 Å². The zero-order chi connectivity index (χ0) is 24.6. The number of fused-ring (bicyclic) bond motifs is 1. The van der Waals surface area contributed by atoms with Gasteiger partial charge in [0.2, 0.25) is 0 Å². The molecule has 0 spiro atoms. The van der Waals surface area contributed by atoms with Crippen LogP contribution in [0, 0.1) is 5.82 Å². The van der Waals surface area contributed by atoms with Crippen molar-refractivity contribution < 1.29 is 28.2 Å². The average Bonchev–Trinajstić information content (AvgIpc) is 2.87. The molecule has 0 aliphatic carbocycles. The number of rotatable bonds is 9. The van der Waals surface area contributed by atoms with Gasteiger partial charge < -0.3 is 19.5 Å². The van der Waals surface area contributed by atoms with Crippen LogP contribution in [0.2, 0.25) is 0 Å². The van der Waals surface area contributed by atoms with Crippen LogP contribution in [0.1, 0.15) is 6.92 Å². The fraction of sp³-hybridized carbons (Fsp3) is 0.148. The van der Waals surface area contributed by atoms with Crippen molar-refractivity contribution >= 4 is 28.5 Å². The number of ether oxygens (including phenoxy) is 3. The number of aromatic nitrogens is 1. The van der Waals surface area contributed by atoms with E-state index in [1.165, 1.54) is 24.3 Å². The van der Waals surface area contributed by atoms with Crippen LogP contribution in [-0.4, -0.2) is 36.7 Å². The van der Waals surface area contributed by atoms with E-state index >= 15 is 0 Å². The summed E-state index contributed by atoms with van der Waals surface area (Å²) in [5, 5.41) is 3.38. The highest BCUT2D eigenvalue weighted by Gasteiger charge is 2.13. The number of amides is 1. The van der Waals surface area contributed by atoms with Crippen molar-refractivity contribution in [2.75, 3.05) is 25.1 Å². The first kappa shape index (κ1) is 23.7. The Kier molecular flexibility index (Phi) is 7.52. The van der Waals surface area contributed by atoms with E-state index < -0.39 is 11.9 Å². The molecule has 0 bridgehead atoms. The molecule has 0 radical (unpaired) electrons. The van der Waals surface area contributed by atoms with E-state index in [1.807, 2.05) is 30.3 Å². The highest BCUT2D eigenvalue weighted by atomic mass is 19.1. The van der Waals surface area contributed by atoms with Crippen LogP contribution in [0.3, 0.4) is 0 Å². The predicted molar refractivity (Wildman–Crippen MR) is 130 cm³/mol. The zero-order valence-corrected chi connectivity index (χ0v) is 19.0. The van der Waals surface area contributed by atoms with Crippen LogP contribution in [0.15, 0.2) is 78.9 Å². The van der Waals surface area contributed by atoms with Gasteiger partial charge in [0.15, 0.2) is 13.2 Å². The number of halogens is 1. The van der Waals surface area contributed by atoms with Gasteiger partial charge in [-0.1, -0.05) is 30.3 Å². The first-order chi connectivity index (χ1) is 17.0. The summed E-state index contributed by atoms with van der Waals surface area (Å²) < 4.78 is 29.2. The Balaban J connectivity index is 1.56. The van der Waals surface area contributed by atoms with Crippen molar-refractivity contribution in [1.29, 1.82) is 0 Å². The summed E-state index contributed by atoms with van der Waals surface area (Å²) in [6, 6.07) is 21.9. The van der Waals surface area contributed by atoms with E-state index in [-0.39, 0.29) is 25.6 Å². The molecule has 4 rings (SSSR count). The fourth-order valence-corrected chi connectivity index (χ4v) is 3.36. The van der Waals surface area contributed by atoms with Crippen LogP contribution in [0.5, 0.6) is 11.5 Å². The van der Waals surface area contributed by atoms with Crippen molar-refractivity contribution in [3.63, 3.8) is 0 Å². The van der Waals surface area contributed by atoms with Crippen molar-refractivity contribution in [1.82, 2.24) is 4.98 Å². The lowest BCUT2D eigenvalue weighted by molar-refractivity contribution is -0.145. The summed E-state index contributed by atoms with van der Waals surface area (Å²) in [4.78, 5) is 29.0. The fourth-order valence-electron chi connectivity index (χ4n) is 3.36. The Morgan fingerprint density at radius 1 is 0.914 bits per heavy atom. The minimum Gasteiger partial charge on any atom is -0.484 e. The lowest BCUT2D eigenvalue weighted by Gasteiger charge is -2.13. The van der Waals surface area contributed by atoms with Crippen LogP contribution in [0.4, 0.5) is 10.1 Å². The molecule has 0 saturated heterocycles. The normalized spacial score (nSPS) is 10.6. The predicted octanol–water partition coefficient (Wildman–Crippen LogP) is 5.00. The molecule has 178 valence electrons. The van der Waals surface area contributed by atoms with E-state index in [0.717, 1.165) is 5.56 Å². The number of nitrogens with one attached hydrogen (secondary N) is 1. The molecule has 1 N–H and O–H groups in total. The molecule has 4 aromatic rings. The Morgan fingerprint density at radius 3 is 2.43 bits per heavy atom. The van der Waals surface area contributed by atoms with Gasteiger partial charge in [0.1, 0.15) is 17.3 Å². The Morgan fingerprint density at radius 2 is 1.69 bits per heavy atom. The van der Waals surface area contributed by atoms with E-state index in [0.29, 0.717) is 33.8 Å². The highest BCUT2D eigenvalue weighted by molar-refractivity contribution is 5.96. The van der Waals surface area contributed by atoms with Crippen molar-refractivity contribution in [3.8, 4) is 22.8 Å². The van der Waals surface area contributed by atoms with Crippen LogP contribution < -0.4 is 14.8 Å². The zero-order valence-electron chi connectivity index (χ0n) is 19.0. The summed E-state index contributed by atoms with van der Waals surface area (Å²) in [5.74, 6) is -0.450. The lowest BCUT2D eigenvalue weighted by atomic mass is 10.1. The molecule has 7 nitrogen and oxygen atoms in total. The Labute approximate surface area is 201 Å². The second kappa shape index (κ2) is 11.1. The first-order valence-corrected chi connectivity index (χ1v) is 11.0. The molecule has 0 fully saturated rings. The third kappa shape index (κ3) is 6.32. The molecule has 1 amide bonds. The van der Waals surface area contributed by atoms with Crippen LogP contribution in [0.25, 0.3) is 22.2 Å². The molecule has 0 aliphatic heterocycles. The molecule has 8 heteroatoms. The summed E-state index contributed by atoms with van der Waals surface area (Å²) >= 11 is 0. The molecule has 0 atom stereocenters. The maximum atomic E-state index is 13.0. The van der Waals surface area contributed by atoms with Gasteiger partial charge in [0, 0.05) is 22.7 Å². The smallest absolute Gasteiger partial charge is 0.344 e.